The highest BCUT2D eigenvalue weighted by molar-refractivity contribution is 6.34. The monoisotopic (exact) mass is 226 g/mol. The van der Waals surface area contributed by atoms with Crippen LogP contribution in [0.25, 0.3) is 10.9 Å². The SMILES string of the molecule is CC(C)Cn1nc(Cl)c2c(F)cccc21. The van der Waals surface area contributed by atoms with Crippen LogP contribution in [0.15, 0.2) is 18.2 Å². The van der Waals surface area contributed by atoms with E-state index in [0.717, 1.165) is 12.1 Å². The Kier molecular flexibility index (Phi) is 2.65. The van der Waals surface area contributed by atoms with Crippen LogP contribution in [0.1, 0.15) is 13.8 Å². The molecular formula is C11H12ClFN2. The Morgan fingerprint density at radius 3 is 2.87 bits per heavy atom. The van der Waals surface area contributed by atoms with Crippen LogP contribution in [0.3, 0.4) is 0 Å². The zero-order valence-electron chi connectivity index (χ0n) is 8.67. The van der Waals surface area contributed by atoms with E-state index in [1.807, 2.05) is 6.07 Å². The summed E-state index contributed by atoms with van der Waals surface area (Å²) in [4.78, 5) is 0. The van der Waals surface area contributed by atoms with E-state index in [1.165, 1.54) is 6.07 Å². The van der Waals surface area contributed by atoms with Crippen molar-refractivity contribution in [2.75, 3.05) is 0 Å². The van der Waals surface area contributed by atoms with Gasteiger partial charge in [-0.05, 0) is 18.1 Å². The highest BCUT2D eigenvalue weighted by atomic mass is 35.5. The van der Waals surface area contributed by atoms with Gasteiger partial charge >= 0.3 is 0 Å². The van der Waals surface area contributed by atoms with E-state index in [9.17, 15) is 4.39 Å². The van der Waals surface area contributed by atoms with Gasteiger partial charge < -0.3 is 0 Å². The fourth-order valence-electron chi connectivity index (χ4n) is 1.63. The first-order chi connectivity index (χ1) is 7.09. The molecule has 0 aliphatic rings. The van der Waals surface area contributed by atoms with Gasteiger partial charge in [-0.15, -0.1) is 0 Å². The van der Waals surface area contributed by atoms with Gasteiger partial charge in [-0.25, -0.2) is 4.39 Å². The second-order valence-electron chi connectivity index (χ2n) is 4.00. The third-order valence-electron chi connectivity index (χ3n) is 2.22. The van der Waals surface area contributed by atoms with E-state index >= 15 is 0 Å². The van der Waals surface area contributed by atoms with Gasteiger partial charge in [0.05, 0.1) is 10.9 Å². The number of halogens is 2. The van der Waals surface area contributed by atoms with Crippen LogP contribution in [0, 0.1) is 11.7 Å². The maximum Gasteiger partial charge on any atom is 0.161 e. The summed E-state index contributed by atoms with van der Waals surface area (Å²) in [7, 11) is 0. The lowest BCUT2D eigenvalue weighted by Crippen LogP contribution is -2.05. The average Bonchev–Trinajstić information content (AvgIpc) is 2.44. The van der Waals surface area contributed by atoms with Crippen molar-refractivity contribution in [3.8, 4) is 0 Å². The summed E-state index contributed by atoms with van der Waals surface area (Å²) in [5, 5.41) is 4.79. The minimum Gasteiger partial charge on any atom is -0.263 e. The summed E-state index contributed by atoms with van der Waals surface area (Å²) >= 11 is 5.89. The molecular weight excluding hydrogens is 215 g/mol. The molecule has 2 rings (SSSR count). The van der Waals surface area contributed by atoms with Crippen LogP contribution in [0.5, 0.6) is 0 Å². The van der Waals surface area contributed by atoms with Gasteiger partial charge in [0.2, 0.25) is 0 Å². The lowest BCUT2D eigenvalue weighted by Gasteiger charge is -2.05. The molecule has 1 aromatic heterocycles. The average molecular weight is 227 g/mol. The van der Waals surface area contributed by atoms with Crippen LogP contribution in [0.2, 0.25) is 5.15 Å². The molecule has 0 saturated heterocycles. The van der Waals surface area contributed by atoms with E-state index in [1.54, 1.807) is 10.7 Å². The van der Waals surface area contributed by atoms with Crippen LogP contribution >= 0.6 is 11.6 Å². The molecule has 0 fully saturated rings. The number of fused-ring (bicyclic) bond motifs is 1. The summed E-state index contributed by atoms with van der Waals surface area (Å²) in [6.45, 7) is 4.91. The van der Waals surface area contributed by atoms with Gasteiger partial charge in [0.25, 0.3) is 0 Å². The molecule has 80 valence electrons. The van der Waals surface area contributed by atoms with Crippen LogP contribution in [-0.2, 0) is 6.54 Å². The molecule has 0 N–H and O–H groups in total. The van der Waals surface area contributed by atoms with Gasteiger partial charge in [-0.2, -0.15) is 5.10 Å². The predicted octanol–water partition coefficient (Wildman–Crippen LogP) is 3.48. The smallest absolute Gasteiger partial charge is 0.161 e. The molecule has 1 aromatic carbocycles. The first-order valence-electron chi connectivity index (χ1n) is 4.90. The standard InChI is InChI=1S/C11H12ClFN2/c1-7(2)6-15-9-5-3-4-8(13)10(9)11(12)14-15/h3-5,7H,6H2,1-2H3. The zero-order chi connectivity index (χ0) is 11.0. The maximum absolute atomic E-state index is 13.5. The molecule has 0 atom stereocenters. The first-order valence-corrected chi connectivity index (χ1v) is 5.28. The van der Waals surface area contributed by atoms with E-state index in [2.05, 4.69) is 18.9 Å². The van der Waals surface area contributed by atoms with Crippen molar-refractivity contribution in [2.45, 2.75) is 20.4 Å². The Morgan fingerprint density at radius 2 is 2.20 bits per heavy atom. The summed E-state index contributed by atoms with van der Waals surface area (Å²) in [6, 6.07) is 4.90. The van der Waals surface area contributed by atoms with Crippen molar-refractivity contribution < 1.29 is 4.39 Å². The third-order valence-corrected chi connectivity index (χ3v) is 2.49. The lowest BCUT2D eigenvalue weighted by atomic mass is 10.2. The number of nitrogens with zero attached hydrogens (tertiary/aromatic N) is 2. The number of rotatable bonds is 2. The summed E-state index contributed by atoms with van der Waals surface area (Å²) < 4.78 is 15.2. The second-order valence-corrected chi connectivity index (χ2v) is 4.36. The normalized spacial score (nSPS) is 11.5. The Balaban J connectivity index is 2.63. The molecule has 0 bridgehead atoms. The van der Waals surface area contributed by atoms with Crippen molar-refractivity contribution in [1.29, 1.82) is 0 Å². The molecule has 0 aliphatic heterocycles. The minimum absolute atomic E-state index is 0.240. The molecule has 2 nitrogen and oxygen atoms in total. The van der Waals surface area contributed by atoms with Crippen molar-refractivity contribution in [3.05, 3.63) is 29.2 Å². The minimum atomic E-state index is -0.312. The number of benzene rings is 1. The zero-order valence-corrected chi connectivity index (χ0v) is 9.42. The van der Waals surface area contributed by atoms with E-state index in [-0.39, 0.29) is 11.0 Å². The fraction of sp³-hybridized carbons (Fsp3) is 0.364. The van der Waals surface area contributed by atoms with Gasteiger partial charge in [-0.3, -0.25) is 4.68 Å². The van der Waals surface area contributed by atoms with Gasteiger partial charge in [0.15, 0.2) is 5.15 Å². The largest absolute Gasteiger partial charge is 0.263 e. The number of aromatic nitrogens is 2. The summed E-state index contributed by atoms with van der Waals surface area (Å²) in [5.74, 6) is 0.139. The van der Waals surface area contributed by atoms with Gasteiger partial charge in [0, 0.05) is 6.54 Å². The van der Waals surface area contributed by atoms with Crippen molar-refractivity contribution in [2.24, 2.45) is 5.92 Å². The number of hydrogen-bond acceptors (Lipinski definition) is 1. The fourth-order valence-corrected chi connectivity index (χ4v) is 1.91. The lowest BCUT2D eigenvalue weighted by molar-refractivity contribution is 0.495. The molecule has 0 radical (unpaired) electrons. The molecule has 0 amide bonds. The van der Waals surface area contributed by atoms with Crippen LogP contribution in [-0.4, -0.2) is 9.78 Å². The van der Waals surface area contributed by atoms with E-state index in [0.29, 0.717) is 11.3 Å². The number of hydrogen-bond donors (Lipinski definition) is 0. The molecule has 0 unspecified atom stereocenters. The molecule has 0 aliphatic carbocycles. The Bertz CT molecular complexity index is 491. The topological polar surface area (TPSA) is 17.8 Å². The molecule has 2 aromatic rings. The van der Waals surface area contributed by atoms with E-state index in [4.69, 9.17) is 11.6 Å². The molecule has 0 spiro atoms. The van der Waals surface area contributed by atoms with E-state index < -0.39 is 0 Å². The Morgan fingerprint density at radius 1 is 1.47 bits per heavy atom. The van der Waals surface area contributed by atoms with Gasteiger partial charge in [-0.1, -0.05) is 31.5 Å². The molecule has 15 heavy (non-hydrogen) atoms. The van der Waals surface area contributed by atoms with Crippen molar-refractivity contribution in [1.82, 2.24) is 9.78 Å². The second kappa shape index (κ2) is 3.81. The summed E-state index contributed by atoms with van der Waals surface area (Å²) in [5.41, 5.74) is 0.758. The third kappa shape index (κ3) is 1.84. The molecule has 0 saturated carbocycles. The van der Waals surface area contributed by atoms with Crippen LogP contribution in [0.4, 0.5) is 4.39 Å². The van der Waals surface area contributed by atoms with Crippen LogP contribution < -0.4 is 0 Å². The molecule has 1 heterocycles. The van der Waals surface area contributed by atoms with Crippen molar-refractivity contribution in [3.63, 3.8) is 0 Å². The molecule has 4 heteroatoms. The maximum atomic E-state index is 13.5. The summed E-state index contributed by atoms with van der Waals surface area (Å²) in [6.07, 6.45) is 0. The highest BCUT2D eigenvalue weighted by Crippen LogP contribution is 2.25. The predicted molar refractivity (Wildman–Crippen MR) is 59.5 cm³/mol. The quantitative estimate of drug-likeness (QED) is 0.767. The Labute approximate surface area is 92.6 Å². The van der Waals surface area contributed by atoms with Gasteiger partial charge in [0.1, 0.15) is 5.82 Å². The Hall–Kier alpha value is -1.09. The van der Waals surface area contributed by atoms with Crippen molar-refractivity contribution >= 4 is 22.5 Å². The first kappa shape index (κ1) is 10.4. The highest BCUT2D eigenvalue weighted by Gasteiger charge is 2.12.